The molecule has 5 nitrogen and oxygen atoms in total. The van der Waals surface area contributed by atoms with Gasteiger partial charge in [0.15, 0.2) is 0 Å². The number of aromatic nitrogens is 2. The molecule has 3 rings (SSSR count). The number of nitrogens with zero attached hydrogens (tertiary/aromatic N) is 3. The first-order chi connectivity index (χ1) is 9.35. The molecule has 1 N–H and O–H groups in total. The minimum absolute atomic E-state index is 0.749. The van der Waals surface area contributed by atoms with Crippen LogP contribution < -0.4 is 5.32 Å². The highest BCUT2D eigenvalue weighted by Crippen LogP contribution is 2.29. The van der Waals surface area contributed by atoms with E-state index in [0.717, 1.165) is 43.3 Å². The van der Waals surface area contributed by atoms with E-state index in [4.69, 9.17) is 4.42 Å². The molecule has 2 heterocycles. The lowest BCUT2D eigenvalue weighted by Crippen LogP contribution is -2.39. The third-order valence-corrected chi connectivity index (χ3v) is 4.10. The second kappa shape index (κ2) is 6.01. The Morgan fingerprint density at radius 3 is 2.74 bits per heavy atom. The van der Waals surface area contributed by atoms with Gasteiger partial charge in [-0.25, -0.2) is 0 Å². The lowest BCUT2D eigenvalue weighted by atomic mass is 9.99. The first kappa shape index (κ1) is 13.1. The molecule has 1 atom stereocenters. The van der Waals surface area contributed by atoms with Crippen LogP contribution in [0, 0.1) is 5.92 Å². The van der Waals surface area contributed by atoms with Gasteiger partial charge in [0.05, 0.1) is 6.54 Å². The highest BCUT2D eigenvalue weighted by Gasteiger charge is 2.32. The van der Waals surface area contributed by atoms with Crippen LogP contribution in [0.5, 0.6) is 0 Å². The van der Waals surface area contributed by atoms with Crippen LogP contribution in [-0.2, 0) is 13.0 Å². The van der Waals surface area contributed by atoms with Gasteiger partial charge in [0.25, 0.3) is 0 Å². The molecule has 1 aliphatic carbocycles. The van der Waals surface area contributed by atoms with Crippen molar-refractivity contribution < 1.29 is 4.42 Å². The van der Waals surface area contributed by atoms with Gasteiger partial charge in [-0.15, -0.1) is 10.2 Å². The molecule has 1 saturated heterocycles. The minimum Gasteiger partial charge on any atom is -0.424 e. The van der Waals surface area contributed by atoms with Crippen LogP contribution in [0.25, 0.3) is 0 Å². The van der Waals surface area contributed by atoms with Crippen LogP contribution in [0.4, 0.5) is 0 Å². The van der Waals surface area contributed by atoms with E-state index < -0.39 is 0 Å². The fraction of sp³-hybridized carbons (Fsp3) is 0.857. The predicted octanol–water partition coefficient (Wildman–Crippen LogP) is 1.60. The number of rotatable bonds is 6. The van der Waals surface area contributed by atoms with E-state index in [2.05, 4.69) is 20.4 Å². The van der Waals surface area contributed by atoms with Crippen molar-refractivity contribution in [2.24, 2.45) is 5.92 Å². The summed E-state index contributed by atoms with van der Waals surface area (Å²) in [7, 11) is 0. The van der Waals surface area contributed by atoms with Gasteiger partial charge in [0.2, 0.25) is 11.8 Å². The molecule has 1 aromatic heterocycles. The SMILES string of the molecule is CCc1nnc(CN(CC2CCCNC2)C2CC2)o1. The van der Waals surface area contributed by atoms with Gasteiger partial charge >= 0.3 is 0 Å². The third-order valence-electron chi connectivity index (χ3n) is 4.10. The summed E-state index contributed by atoms with van der Waals surface area (Å²) in [4.78, 5) is 2.55. The van der Waals surface area contributed by atoms with Crippen molar-refractivity contribution in [2.45, 2.75) is 51.6 Å². The number of hydrogen-bond acceptors (Lipinski definition) is 5. The summed E-state index contributed by atoms with van der Waals surface area (Å²) in [6.45, 7) is 6.38. The summed E-state index contributed by atoms with van der Waals surface area (Å²) in [5.74, 6) is 2.32. The molecule has 0 spiro atoms. The van der Waals surface area contributed by atoms with Gasteiger partial charge in [0, 0.05) is 19.0 Å². The fourth-order valence-corrected chi connectivity index (χ4v) is 2.86. The maximum absolute atomic E-state index is 5.65. The van der Waals surface area contributed by atoms with Crippen LogP contribution >= 0.6 is 0 Å². The Morgan fingerprint density at radius 2 is 2.11 bits per heavy atom. The summed E-state index contributed by atoms with van der Waals surface area (Å²) in [6, 6.07) is 0.749. The molecule has 1 saturated carbocycles. The van der Waals surface area contributed by atoms with Gasteiger partial charge in [0.1, 0.15) is 0 Å². The van der Waals surface area contributed by atoms with E-state index in [0.29, 0.717) is 0 Å². The largest absolute Gasteiger partial charge is 0.424 e. The topological polar surface area (TPSA) is 54.2 Å². The standard InChI is InChI=1S/C14H24N4O/c1-2-13-16-17-14(19-13)10-18(12-5-6-12)9-11-4-3-7-15-8-11/h11-12,15H,2-10H2,1H3. The van der Waals surface area contributed by atoms with Crippen molar-refractivity contribution in [3.8, 4) is 0 Å². The average Bonchev–Trinajstić information content (AvgIpc) is 3.20. The lowest BCUT2D eigenvalue weighted by Gasteiger charge is -2.29. The van der Waals surface area contributed by atoms with Gasteiger partial charge in [-0.05, 0) is 44.7 Å². The second-order valence-electron chi connectivity index (χ2n) is 5.82. The van der Waals surface area contributed by atoms with Crippen LogP contribution in [0.1, 0.15) is 44.4 Å². The van der Waals surface area contributed by atoms with E-state index in [1.165, 1.54) is 38.8 Å². The van der Waals surface area contributed by atoms with E-state index in [-0.39, 0.29) is 0 Å². The number of aryl methyl sites for hydroxylation is 1. The predicted molar refractivity (Wildman–Crippen MR) is 72.7 cm³/mol. The van der Waals surface area contributed by atoms with E-state index in [1.807, 2.05) is 6.92 Å². The summed E-state index contributed by atoms with van der Waals surface area (Å²) in [5.41, 5.74) is 0. The normalized spacial score (nSPS) is 24.0. The lowest BCUT2D eigenvalue weighted by molar-refractivity contribution is 0.177. The quantitative estimate of drug-likeness (QED) is 0.845. The van der Waals surface area contributed by atoms with Crippen molar-refractivity contribution in [3.05, 3.63) is 11.8 Å². The molecular formula is C14H24N4O. The first-order valence-electron chi connectivity index (χ1n) is 7.61. The smallest absolute Gasteiger partial charge is 0.230 e. The number of nitrogens with one attached hydrogen (secondary N) is 1. The molecule has 0 aromatic carbocycles. The number of piperidine rings is 1. The maximum atomic E-state index is 5.65. The summed E-state index contributed by atoms with van der Waals surface area (Å²) in [5, 5.41) is 11.7. The van der Waals surface area contributed by atoms with Crippen molar-refractivity contribution in [1.82, 2.24) is 20.4 Å². The molecular weight excluding hydrogens is 240 g/mol. The molecule has 2 fully saturated rings. The zero-order chi connectivity index (χ0) is 13.1. The van der Waals surface area contributed by atoms with Crippen molar-refractivity contribution in [3.63, 3.8) is 0 Å². The van der Waals surface area contributed by atoms with Gasteiger partial charge in [-0.1, -0.05) is 6.92 Å². The molecule has 0 radical (unpaired) electrons. The average molecular weight is 264 g/mol. The molecule has 0 bridgehead atoms. The molecule has 1 aliphatic heterocycles. The van der Waals surface area contributed by atoms with E-state index in [9.17, 15) is 0 Å². The molecule has 106 valence electrons. The summed E-state index contributed by atoms with van der Waals surface area (Å²) in [6.07, 6.45) is 6.14. The Bertz CT molecular complexity index is 396. The van der Waals surface area contributed by atoms with Crippen LogP contribution in [0.3, 0.4) is 0 Å². The monoisotopic (exact) mass is 264 g/mol. The van der Waals surface area contributed by atoms with E-state index in [1.54, 1.807) is 0 Å². The summed E-state index contributed by atoms with van der Waals surface area (Å²) < 4.78 is 5.65. The molecule has 2 aliphatic rings. The van der Waals surface area contributed by atoms with Gasteiger partial charge < -0.3 is 9.73 Å². The third kappa shape index (κ3) is 3.54. The van der Waals surface area contributed by atoms with Crippen molar-refractivity contribution >= 4 is 0 Å². The van der Waals surface area contributed by atoms with Gasteiger partial charge in [-0.3, -0.25) is 4.90 Å². The molecule has 0 amide bonds. The van der Waals surface area contributed by atoms with Crippen LogP contribution in [0.15, 0.2) is 4.42 Å². The Hall–Kier alpha value is -0.940. The van der Waals surface area contributed by atoms with Gasteiger partial charge in [-0.2, -0.15) is 0 Å². The zero-order valence-electron chi connectivity index (χ0n) is 11.8. The second-order valence-corrected chi connectivity index (χ2v) is 5.82. The zero-order valence-corrected chi connectivity index (χ0v) is 11.8. The van der Waals surface area contributed by atoms with Crippen molar-refractivity contribution in [1.29, 1.82) is 0 Å². The Labute approximate surface area is 114 Å². The van der Waals surface area contributed by atoms with Crippen LogP contribution in [-0.4, -0.2) is 40.8 Å². The minimum atomic E-state index is 0.749. The Morgan fingerprint density at radius 1 is 1.26 bits per heavy atom. The highest BCUT2D eigenvalue weighted by atomic mass is 16.4. The van der Waals surface area contributed by atoms with E-state index >= 15 is 0 Å². The highest BCUT2D eigenvalue weighted by molar-refractivity contribution is 4.90. The maximum Gasteiger partial charge on any atom is 0.230 e. The fourth-order valence-electron chi connectivity index (χ4n) is 2.86. The molecule has 5 heteroatoms. The number of hydrogen-bond donors (Lipinski definition) is 1. The Balaban J connectivity index is 1.57. The first-order valence-corrected chi connectivity index (χ1v) is 7.61. The Kier molecular flexibility index (Phi) is 4.13. The summed E-state index contributed by atoms with van der Waals surface area (Å²) >= 11 is 0. The molecule has 19 heavy (non-hydrogen) atoms. The van der Waals surface area contributed by atoms with Crippen LogP contribution in [0.2, 0.25) is 0 Å². The molecule has 1 unspecified atom stereocenters. The van der Waals surface area contributed by atoms with Crippen molar-refractivity contribution in [2.75, 3.05) is 19.6 Å². The molecule has 1 aromatic rings.